The van der Waals surface area contributed by atoms with Crippen LogP contribution in [0.25, 0.3) is 0 Å². The molecule has 4 heteroatoms. The summed E-state index contributed by atoms with van der Waals surface area (Å²) in [5.74, 6) is -0.473. The summed E-state index contributed by atoms with van der Waals surface area (Å²) in [6, 6.07) is 2.42. The molecular formula is C16H24BrF2N. The summed E-state index contributed by atoms with van der Waals surface area (Å²) >= 11 is 3.13. The molecule has 1 unspecified atom stereocenters. The van der Waals surface area contributed by atoms with Crippen LogP contribution in [0.15, 0.2) is 16.6 Å². The molecule has 1 aromatic rings. The van der Waals surface area contributed by atoms with Gasteiger partial charge in [0.2, 0.25) is 0 Å². The van der Waals surface area contributed by atoms with Gasteiger partial charge < -0.3 is 5.32 Å². The molecule has 0 saturated carbocycles. The SMILES string of the molecule is CCCNC(CC(CC)CC)c1c(F)cc(Br)cc1F. The molecule has 1 nitrogen and oxygen atoms in total. The molecule has 0 spiro atoms. The van der Waals surface area contributed by atoms with E-state index in [9.17, 15) is 8.78 Å². The van der Waals surface area contributed by atoms with E-state index in [0.717, 1.165) is 32.2 Å². The van der Waals surface area contributed by atoms with Gasteiger partial charge in [0.1, 0.15) is 11.6 Å². The Morgan fingerprint density at radius 2 is 1.65 bits per heavy atom. The molecule has 1 aromatic carbocycles. The van der Waals surface area contributed by atoms with Crippen LogP contribution in [0.1, 0.15) is 58.1 Å². The van der Waals surface area contributed by atoms with Crippen LogP contribution < -0.4 is 5.32 Å². The maximum absolute atomic E-state index is 14.1. The van der Waals surface area contributed by atoms with E-state index in [1.54, 1.807) is 0 Å². The van der Waals surface area contributed by atoms with E-state index in [1.807, 2.05) is 0 Å². The Bertz CT molecular complexity index is 396. The zero-order valence-corrected chi connectivity index (χ0v) is 14.1. The molecule has 20 heavy (non-hydrogen) atoms. The maximum atomic E-state index is 14.1. The van der Waals surface area contributed by atoms with Crippen molar-refractivity contribution in [3.05, 3.63) is 33.8 Å². The Hall–Kier alpha value is -0.480. The number of nitrogens with one attached hydrogen (secondary N) is 1. The zero-order chi connectivity index (χ0) is 15.1. The van der Waals surface area contributed by atoms with E-state index >= 15 is 0 Å². The number of hydrogen-bond acceptors (Lipinski definition) is 1. The third-order valence-electron chi connectivity index (χ3n) is 3.76. The number of benzene rings is 1. The molecule has 0 fully saturated rings. The predicted octanol–water partition coefficient (Wildman–Crippen LogP) is 5.59. The lowest BCUT2D eigenvalue weighted by Gasteiger charge is -2.24. The average Bonchev–Trinajstić information content (AvgIpc) is 2.40. The second-order valence-corrected chi connectivity index (χ2v) is 6.12. The van der Waals surface area contributed by atoms with E-state index in [0.29, 0.717) is 10.4 Å². The molecule has 0 bridgehead atoms. The molecule has 1 atom stereocenters. The van der Waals surface area contributed by atoms with Gasteiger partial charge in [-0.05, 0) is 37.4 Å². The maximum Gasteiger partial charge on any atom is 0.132 e. The summed E-state index contributed by atoms with van der Waals surface area (Å²) in [5, 5.41) is 3.29. The minimum Gasteiger partial charge on any atom is -0.310 e. The first-order chi connectivity index (χ1) is 9.53. The standard InChI is InChI=1S/C16H24BrF2N/c1-4-7-20-15(8-11(5-2)6-3)16-13(18)9-12(17)10-14(16)19/h9-11,15,20H,4-8H2,1-3H3. The summed E-state index contributed by atoms with van der Waals surface area (Å²) in [4.78, 5) is 0. The average molecular weight is 348 g/mol. The molecule has 0 amide bonds. The van der Waals surface area contributed by atoms with Crippen molar-refractivity contribution >= 4 is 15.9 Å². The second-order valence-electron chi connectivity index (χ2n) is 5.21. The predicted molar refractivity (Wildman–Crippen MR) is 83.8 cm³/mol. The van der Waals surface area contributed by atoms with Crippen LogP contribution >= 0.6 is 15.9 Å². The molecule has 0 aliphatic rings. The van der Waals surface area contributed by atoms with Gasteiger partial charge >= 0.3 is 0 Å². The van der Waals surface area contributed by atoms with Gasteiger partial charge in [0, 0.05) is 16.1 Å². The molecule has 0 aromatic heterocycles. The van der Waals surface area contributed by atoms with Crippen LogP contribution in [0.2, 0.25) is 0 Å². The van der Waals surface area contributed by atoms with Gasteiger partial charge in [-0.15, -0.1) is 0 Å². The van der Waals surface area contributed by atoms with E-state index in [4.69, 9.17) is 0 Å². The van der Waals surface area contributed by atoms with Crippen LogP contribution in [0.5, 0.6) is 0 Å². The van der Waals surface area contributed by atoms with Gasteiger partial charge in [-0.3, -0.25) is 0 Å². The first kappa shape index (κ1) is 17.6. The van der Waals surface area contributed by atoms with Crippen LogP contribution in [0, 0.1) is 17.6 Å². The molecule has 1 N–H and O–H groups in total. The highest BCUT2D eigenvalue weighted by Crippen LogP contribution is 2.30. The molecule has 0 aliphatic carbocycles. The zero-order valence-electron chi connectivity index (χ0n) is 12.5. The van der Waals surface area contributed by atoms with Gasteiger partial charge in [0.25, 0.3) is 0 Å². The van der Waals surface area contributed by atoms with Crippen molar-refractivity contribution in [1.82, 2.24) is 5.32 Å². The molecule has 0 heterocycles. The van der Waals surface area contributed by atoms with E-state index < -0.39 is 11.6 Å². The van der Waals surface area contributed by atoms with Gasteiger partial charge in [-0.1, -0.05) is 49.5 Å². The quantitative estimate of drug-likeness (QED) is 0.645. The Kier molecular flexibility index (Phi) is 7.67. The van der Waals surface area contributed by atoms with Crippen LogP contribution in [-0.2, 0) is 0 Å². The minimum atomic E-state index is -0.476. The third-order valence-corrected chi connectivity index (χ3v) is 4.21. The number of rotatable bonds is 8. The van der Waals surface area contributed by atoms with Crippen molar-refractivity contribution in [1.29, 1.82) is 0 Å². The highest BCUT2D eigenvalue weighted by Gasteiger charge is 2.22. The topological polar surface area (TPSA) is 12.0 Å². The Morgan fingerprint density at radius 1 is 1.10 bits per heavy atom. The van der Waals surface area contributed by atoms with Crippen LogP contribution in [0.4, 0.5) is 8.78 Å². The summed E-state index contributed by atoms with van der Waals surface area (Å²) in [7, 11) is 0. The van der Waals surface area contributed by atoms with E-state index in [1.165, 1.54) is 12.1 Å². The second kappa shape index (κ2) is 8.73. The number of halogens is 3. The van der Waals surface area contributed by atoms with Crippen molar-refractivity contribution in [2.24, 2.45) is 5.92 Å². The Balaban J connectivity index is 3.03. The fourth-order valence-electron chi connectivity index (χ4n) is 2.46. The van der Waals surface area contributed by atoms with Gasteiger partial charge in [-0.25, -0.2) is 8.78 Å². The molecule has 0 radical (unpaired) electrons. The van der Waals surface area contributed by atoms with Gasteiger partial charge in [0.15, 0.2) is 0 Å². The first-order valence-corrected chi connectivity index (χ1v) is 8.20. The third kappa shape index (κ3) is 4.81. The number of hydrogen-bond donors (Lipinski definition) is 1. The van der Waals surface area contributed by atoms with Crippen molar-refractivity contribution in [2.45, 2.75) is 52.5 Å². The van der Waals surface area contributed by atoms with E-state index in [-0.39, 0.29) is 11.6 Å². The van der Waals surface area contributed by atoms with Crippen LogP contribution in [-0.4, -0.2) is 6.54 Å². The van der Waals surface area contributed by atoms with Crippen molar-refractivity contribution in [3.63, 3.8) is 0 Å². The largest absolute Gasteiger partial charge is 0.310 e. The summed E-state index contributed by atoms with van der Waals surface area (Å²) in [6.45, 7) is 7.06. The highest BCUT2D eigenvalue weighted by atomic mass is 79.9. The summed E-state index contributed by atoms with van der Waals surface area (Å²) in [5.41, 5.74) is 0.175. The fourth-order valence-corrected chi connectivity index (χ4v) is 2.87. The molecule has 0 saturated heterocycles. The Morgan fingerprint density at radius 3 is 2.10 bits per heavy atom. The smallest absolute Gasteiger partial charge is 0.132 e. The normalized spacial score (nSPS) is 12.9. The fraction of sp³-hybridized carbons (Fsp3) is 0.625. The van der Waals surface area contributed by atoms with Crippen molar-refractivity contribution in [3.8, 4) is 0 Å². The minimum absolute atomic E-state index is 0.175. The highest BCUT2D eigenvalue weighted by molar-refractivity contribution is 9.10. The van der Waals surface area contributed by atoms with Crippen molar-refractivity contribution < 1.29 is 8.78 Å². The van der Waals surface area contributed by atoms with Gasteiger partial charge in [0.05, 0.1) is 0 Å². The van der Waals surface area contributed by atoms with Crippen molar-refractivity contribution in [2.75, 3.05) is 6.54 Å². The molecule has 1 rings (SSSR count). The lowest BCUT2D eigenvalue weighted by molar-refractivity contribution is 0.355. The molecule has 114 valence electrons. The van der Waals surface area contributed by atoms with Gasteiger partial charge in [-0.2, -0.15) is 0 Å². The lowest BCUT2D eigenvalue weighted by atomic mass is 9.90. The lowest BCUT2D eigenvalue weighted by Crippen LogP contribution is -2.26. The molecular weight excluding hydrogens is 324 g/mol. The Labute approximate surface area is 129 Å². The summed E-state index contributed by atoms with van der Waals surface area (Å²) in [6.07, 6.45) is 3.77. The van der Waals surface area contributed by atoms with E-state index in [2.05, 4.69) is 42.0 Å². The molecule has 0 aliphatic heterocycles. The first-order valence-electron chi connectivity index (χ1n) is 7.41. The van der Waals surface area contributed by atoms with Crippen LogP contribution in [0.3, 0.4) is 0 Å². The monoisotopic (exact) mass is 347 g/mol. The summed E-state index contributed by atoms with van der Waals surface area (Å²) < 4.78 is 28.7.